The van der Waals surface area contributed by atoms with E-state index in [-0.39, 0.29) is 24.7 Å². The molecule has 0 aliphatic carbocycles. The second kappa shape index (κ2) is 10.9. The molecular formula is C23H32ClN5O2. The smallest absolute Gasteiger partial charge is 0.269 e. The first-order valence-electron chi connectivity index (χ1n) is 10.9. The van der Waals surface area contributed by atoms with Crippen LogP contribution < -0.4 is 16.0 Å². The number of nitrogens with two attached hydrogens (primary N) is 1. The number of hydrogen-bond donors (Lipinski definition) is 3. The lowest BCUT2D eigenvalue weighted by Crippen LogP contribution is -2.35. The first-order chi connectivity index (χ1) is 14.6. The number of carbonyl (C=O) groups excluding carboxylic acids is 1. The van der Waals surface area contributed by atoms with Crippen LogP contribution in [0.3, 0.4) is 0 Å². The van der Waals surface area contributed by atoms with Crippen molar-refractivity contribution in [3.8, 4) is 0 Å². The number of anilines is 1. The number of piperidine rings is 2. The van der Waals surface area contributed by atoms with E-state index in [9.17, 15) is 9.90 Å². The summed E-state index contributed by atoms with van der Waals surface area (Å²) in [6.07, 6.45) is 6.38. The first kappa shape index (κ1) is 23.4. The van der Waals surface area contributed by atoms with E-state index in [1.54, 1.807) is 6.20 Å². The topological polar surface area (TPSA) is 104 Å². The fourth-order valence-electron chi connectivity index (χ4n) is 4.50. The van der Waals surface area contributed by atoms with Crippen LogP contribution in [0.15, 0.2) is 30.5 Å². The van der Waals surface area contributed by atoms with Gasteiger partial charge in [-0.15, -0.1) is 12.4 Å². The first-order valence-corrected chi connectivity index (χ1v) is 10.9. The molecule has 2 fully saturated rings. The van der Waals surface area contributed by atoms with Crippen LogP contribution in [0.1, 0.15) is 58.9 Å². The van der Waals surface area contributed by atoms with Gasteiger partial charge in [-0.05, 0) is 61.7 Å². The van der Waals surface area contributed by atoms with Crippen LogP contribution in [0.2, 0.25) is 0 Å². The summed E-state index contributed by atoms with van der Waals surface area (Å²) in [4.78, 5) is 23.2. The molecule has 2 saturated heterocycles. The van der Waals surface area contributed by atoms with Crippen molar-refractivity contribution in [3.05, 3.63) is 53.0 Å². The number of rotatable bonds is 6. The van der Waals surface area contributed by atoms with E-state index in [0.29, 0.717) is 24.0 Å². The van der Waals surface area contributed by atoms with Gasteiger partial charge in [0.05, 0.1) is 11.9 Å². The molecular weight excluding hydrogens is 414 g/mol. The van der Waals surface area contributed by atoms with Gasteiger partial charge < -0.3 is 21.1 Å². The van der Waals surface area contributed by atoms with Gasteiger partial charge in [-0.25, -0.2) is 9.97 Å². The summed E-state index contributed by atoms with van der Waals surface area (Å²) in [6.45, 7) is 4.05. The van der Waals surface area contributed by atoms with Gasteiger partial charge in [-0.3, -0.25) is 4.79 Å². The Morgan fingerprint density at radius 1 is 1.13 bits per heavy atom. The van der Waals surface area contributed by atoms with Crippen molar-refractivity contribution in [2.45, 2.75) is 38.0 Å². The van der Waals surface area contributed by atoms with E-state index in [2.05, 4.69) is 39.5 Å². The molecule has 31 heavy (non-hydrogen) atoms. The van der Waals surface area contributed by atoms with E-state index in [4.69, 9.17) is 10.7 Å². The Morgan fingerprint density at radius 3 is 2.42 bits per heavy atom. The van der Waals surface area contributed by atoms with Crippen molar-refractivity contribution in [1.82, 2.24) is 15.3 Å². The molecule has 7 nitrogen and oxygen atoms in total. The molecule has 1 amide bonds. The molecule has 0 atom stereocenters. The molecule has 4 N–H and O–H groups in total. The largest absolute Gasteiger partial charge is 0.396 e. The Morgan fingerprint density at radius 2 is 1.81 bits per heavy atom. The standard InChI is InChI=1S/C23H31N5O2.ClH/c24-23(30)22-20(27-21(14-26-22)28-11-7-17(15-29)8-12-28)13-16-1-3-18(4-2-16)19-5-9-25-10-6-19;/h1-4,14,17,19,25,29H,5-13,15H2,(H2,24,30);1H. The van der Waals surface area contributed by atoms with Gasteiger partial charge >= 0.3 is 0 Å². The monoisotopic (exact) mass is 445 g/mol. The van der Waals surface area contributed by atoms with Crippen LogP contribution in [0.4, 0.5) is 5.82 Å². The number of amides is 1. The van der Waals surface area contributed by atoms with Crippen LogP contribution in [0.5, 0.6) is 0 Å². The molecule has 0 unspecified atom stereocenters. The molecule has 0 radical (unpaired) electrons. The predicted molar refractivity (Wildman–Crippen MR) is 124 cm³/mol. The van der Waals surface area contributed by atoms with Gasteiger partial charge in [0.15, 0.2) is 0 Å². The average Bonchev–Trinajstić information content (AvgIpc) is 2.80. The van der Waals surface area contributed by atoms with E-state index < -0.39 is 5.91 Å². The molecule has 1 aromatic carbocycles. The molecule has 0 bridgehead atoms. The number of aromatic nitrogens is 2. The lowest BCUT2D eigenvalue weighted by atomic mass is 9.89. The number of nitrogens with one attached hydrogen (secondary N) is 1. The highest BCUT2D eigenvalue weighted by Crippen LogP contribution is 2.26. The van der Waals surface area contributed by atoms with Gasteiger partial charge in [-0.1, -0.05) is 24.3 Å². The highest BCUT2D eigenvalue weighted by Gasteiger charge is 2.22. The Labute approximate surface area is 189 Å². The van der Waals surface area contributed by atoms with Gasteiger partial charge in [0.25, 0.3) is 5.91 Å². The predicted octanol–water partition coefficient (Wildman–Crippen LogP) is 2.26. The van der Waals surface area contributed by atoms with Gasteiger partial charge in [0, 0.05) is 26.1 Å². The summed E-state index contributed by atoms with van der Waals surface area (Å²) in [5, 5.41) is 12.8. The second-order valence-corrected chi connectivity index (χ2v) is 8.44. The summed E-state index contributed by atoms with van der Waals surface area (Å²) in [5.74, 6) is 1.20. The summed E-state index contributed by atoms with van der Waals surface area (Å²) in [7, 11) is 0. The number of aliphatic hydroxyl groups is 1. The average molecular weight is 446 g/mol. The molecule has 1 aromatic heterocycles. The van der Waals surface area contributed by atoms with Gasteiger partial charge in [-0.2, -0.15) is 0 Å². The zero-order chi connectivity index (χ0) is 20.9. The fraction of sp³-hybridized carbons (Fsp3) is 0.522. The maximum absolute atomic E-state index is 11.9. The number of halogens is 1. The van der Waals surface area contributed by atoms with Crippen LogP contribution in [0, 0.1) is 5.92 Å². The number of primary amides is 1. The summed E-state index contributed by atoms with van der Waals surface area (Å²) < 4.78 is 0. The third kappa shape index (κ3) is 5.73. The maximum Gasteiger partial charge on any atom is 0.269 e. The Bertz CT molecular complexity index is 863. The van der Waals surface area contributed by atoms with Gasteiger partial charge in [0.1, 0.15) is 11.5 Å². The van der Waals surface area contributed by atoms with Crippen molar-refractivity contribution < 1.29 is 9.90 Å². The number of nitrogens with zero attached hydrogens (tertiary/aromatic N) is 3. The molecule has 0 spiro atoms. The SMILES string of the molecule is Cl.NC(=O)c1ncc(N2CCC(CO)CC2)nc1Cc1ccc(C2CCNCC2)cc1. The van der Waals surface area contributed by atoms with Crippen LogP contribution in [-0.4, -0.2) is 53.8 Å². The van der Waals surface area contributed by atoms with E-state index in [1.807, 2.05) is 0 Å². The van der Waals surface area contributed by atoms with Crippen LogP contribution in [-0.2, 0) is 6.42 Å². The molecule has 2 aromatic rings. The number of aliphatic hydroxyl groups excluding tert-OH is 1. The zero-order valence-electron chi connectivity index (χ0n) is 17.8. The molecule has 2 aliphatic rings. The lowest BCUT2D eigenvalue weighted by Gasteiger charge is -2.32. The molecule has 0 saturated carbocycles. The number of benzene rings is 1. The highest BCUT2D eigenvalue weighted by molar-refractivity contribution is 5.92. The highest BCUT2D eigenvalue weighted by atomic mass is 35.5. The minimum Gasteiger partial charge on any atom is -0.396 e. The molecule has 2 aliphatic heterocycles. The van der Waals surface area contributed by atoms with Crippen molar-refractivity contribution in [2.24, 2.45) is 11.7 Å². The van der Waals surface area contributed by atoms with E-state index >= 15 is 0 Å². The summed E-state index contributed by atoms with van der Waals surface area (Å²) in [6, 6.07) is 8.66. The Kier molecular flexibility index (Phi) is 8.23. The molecule has 8 heteroatoms. The van der Waals surface area contributed by atoms with E-state index in [1.165, 1.54) is 18.4 Å². The van der Waals surface area contributed by atoms with Crippen LogP contribution >= 0.6 is 12.4 Å². The van der Waals surface area contributed by atoms with Crippen LogP contribution in [0.25, 0.3) is 0 Å². The quantitative estimate of drug-likeness (QED) is 0.630. The summed E-state index contributed by atoms with van der Waals surface area (Å²) in [5.41, 5.74) is 8.91. The van der Waals surface area contributed by atoms with E-state index in [0.717, 1.165) is 50.4 Å². The van der Waals surface area contributed by atoms with Crippen molar-refractivity contribution >= 4 is 24.1 Å². The fourth-order valence-corrected chi connectivity index (χ4v) is 4.50. The lowest BCUT2D eigenvalue weighted by molar-refractivity contribution is 0.0994. The third-order valence-electron chi connectivity index (χ3n) is 6.42. The zero-order valence-corrected chi connectivity index (χ0v) is 18.6. The maximum atomic E-state index is 11.9. The van der Waals surface area contributed by atoms with Gasteiger partial charge in [0.2, 0.25) is 0 Å². The molecule has 4 rings (SSSR count). The normalized spacial score (nSPS) is 17.9. The third-order valence-corrected chi connectivity index (χ3v) is 6.42. The molecule has 168 valence electrons. The summed E-state index contributed by atoms with van der Waals surface area (Å²) >= 11 is 0. The van der Waals surface area contributed by atoms with Crippen molar-refractivity contribution in [1.29, 1.82) is 0 Å². The van der Waals surface area contributed by atoms with Crippen molar-refractivity contribution in [2.75, 3.05) is 37.7 Å². The molecule has 3 heterocycles. The Hall–Kier alpha value is -2.22. The second-order valence-electron chi connectivity index (χ2n) is 8.44. The minimum atomic E-state index is -0.547. The number of hydrogen-bond acceptors (Lipinski definition) is 6. The number of carbonyl (C=O) groups is 1. The Balaban J connectivity index is 0.00000272. The minimum absolute atomic E-state index is 0. The van der Waals surface area contributed by atoms with Crippen molar-refractivity contribution in [3.63, 3.8) is 0 Å².